The van der Waals surface area contributed by atoms with Gasteiger partial charge in [0.2, 0.25) is 10.0 Å². The van der Waals surface area contributed by atoms with Gasteiger partial charge in [-0.1, -0.05) is 42.0 Å². The lowest BCUT2D eigenvalue weighted by molar-refractivity contribution is 0.284. The molecule has 3 rings (SSSR count). The number of hydrogen-bond donors (Lipinski definition) is 1. The number of aryl methyl sites for hydroxylation is 3. The van der Waals surface area contributed by atoms with Gasteiger partial charge in [-0.3, -0.25) is 0 Å². The van der Waals surface area contributed by atoms with Gasteiger partial charge in [0.05, 0.1) is 10.9 Å². The quantitative estimate of drug-likeness (QED) is 0.542. The van der Waals surface area contributed by atoms with E-state index in [1.54, 1.807) is 25.1 Å². The molecule has 0 aromatic heterocycles. The van der Waals surface area contributed by atoms with Crippen molar-refractivity contribution in [3.63, 3.8) is 0 Å². The number of para-hydroxylation sites is 1. The minimum Gasteiger partial charge on any atom is -0.491 e. The molecule has 5 nitrogen and oxygen atoms in total. The number of hydrogen-bond acceptors (Lipinski definition) is 4. The van der Waals surface area contributed by atoms with Crippen molar-refractivity contribution >= 4 is 10.0 Å². The number of ether oxygens (including phenoxy) is 2. The molecule has 1 unspecified atom stereocenters. The highest BCUT2D eigenvalue weighted by molar-refractivity contribution is 7.89. The van der Waals surface area contributed by atoms with Crippen LogP contribution in [0.3, 0.4) is 0 Å². The molecule has 0 spiro atoms. The molecular weight excluding hydrogens is 398 g/mol. The van der Waals surface area contributed by atoms with E-state index in [4.69, 9.17) is 9.47 Å². The number of benzene rings is 3. The lowest BCUT2D eigenvalue weighted by Crippen LogP contribution is -2.36. The van der Waals surface area contributed by atoms with Crippen molar-refractivity contribution in [1.82, 2.24) is 4.72 Å². The Morgan fingerprint density at radius 3 is 2.17 bits per heavy atom. The minimum absolute atomic E-state index is 0.144. The highest BCUT2D eigenvalue weighted by atomic mass is 32.2. The Morgan fingerprint density at radius 2 is 1.50 bits per heavy atom. The van der Waals surface area contributed by atoms with Gasteiger partial charge in [0.25, 0.3) is 0 Å². The Kier molecular flexibility index (Phi) is 6.80. The fraction of sp³-hybridized carbons (Fsp3) is 0.250. The Bertz CT molecular complexity index is 1090. The largest absolute Gasteiger partial charge is 0.491 e. The van der Waals surface area contributed by atoms with Gasteiger partial charge in [-0.2, -0.15) is 0 Å². The molecule has 0 saturated heterocycles. The highest BCUT2D eigenvalue weighted by Gasteiger charge is 2.19. The van der Waals surface area contributed by atoms with Crippen LogP contribution in [-0.2, 0) is 10.0 Å². The molecule has 0 aliphatic rings. The van der Waals surface area contributed by atoms with Crippen molar-refractivity contribution in [2.45, 2.75) is 38.6 Å². The topological polar surface area (TPSA) is 64.6 Å². The first-order chi connectivity index (χ1) is 14.2. The lowest BCUT2D eigenvalue weighted by atomic mass is 10.1. The SMILES string of the molecule is Cc1ccc(Oc2cccc(S(=O)(=O)NC(C)COc3c(C)cccc3C)c2)cc1. The highest BCUT2D eigenvalue weighted by Crippen LogP contribution is 2.25. The maximum atomic E-state index is 12.8. The van der Waals surface area contributed by atoms with E-state index >= 15 is 0 Å². The Labute approximate surface area is 178 Å². The van der Waals surface area contributed by atoms with Crippen molar-refractivity contribution < 1.29 is 17.9 Å². The van der Waals surface area contributed by atoms with Gasteiger partial charge in [-0.05, 0) is 63.1 Å². The van der Waals surface area contributed by atoms with E-state index in [9.17, 15) is 8.42 Å². The summed E-state index contributed by atoms with van der Waals surface area (Å²) in [6.07, 6.45) is 0. The van der Waals surface area contributed by atoms with Crippen LogP contribution >= 0.6 is 0 Å². The van der Waals surface area contributed by atoms with Crippen LogP contribution in [0.25, 0.3) is 0 Å². The summed E-state index contributed by atoms with van der Waals surface area (Å²) in [5.41, 5.74) is 3.16. The molecule has 30 heavy (non-hydrogen) atoms. The second-order valence-corrected chi connectivity index (χ2v) is 9.16. The van der Waals surface area contributed by atoms with E-state index in [0.717, 1.165) is 22.4 Å². The Balaban J connectivity index is 1.66. The molecule has 0 bridgehead atoms. The third-order valence-corrected chi connectivity index (χ3v) is 6.20. The molecule has 0 amide bonds. The van der Waals surface area contributed by atoms with Crippen LogP contribution in [0.15, 0.2) is 71.6 Å². The number of nitrogens with one attached hydrogen (secondary N) is 1. The summed E-state index contributed by atoms with van der Waals surface area (Å²) in [5, 5.41) is 0. The first-order valence-electron chi connectivity index (χ1n) is 9.80. The smallest absolute Gasteiger partial charge is 0.241 e. The summed E-state index contributed by atoms with van der Waals surface area (Å²) in [6.45, 7) is 7.93. The van der Waals surface area contributed by atoms with E-state index in [-0.39, 0.29) is 11.5 Å². The summed E-state index contributed by atoms with van der Waals surface area (Å²) in [6, 6.07) is 19.5. The monoisotopic (exact) mass is 425 g/mol. The van der Waals surface area contributed by atoms with Gasteiger partial charge in [-0.25, -0.2) is 13.1 Å². The Hall–Kier alpha value is -2.83. The van der Waals surface area contributed by atoms with Gasteiger partial charge in [0, 0.05) is 6.07 Å². The molecule has 0 aliphatic heterocycles. The third kappa shape index (κ3) is 5.62. The zero-order valence-corrected chi connectivity index (χ0v) is 18.5. The van der Waals surface area contributed by atoms with Gasteiger partial charge >= 0.3 is 0 Å². The minimum atomic E-state index is -3.72. The molecule has 0 saturated carbocycles. The van der Waals surface area contributed by atoms with Crippen LogP contribution in [0.2, 0.25) is 0 Å². The van der Waals surface area contributed by atoms with Crippen molar-refractivity contribution in [3.05, 3.63) is 83.4 Å². The standard InChI is InChI=1S/C24H27NO4S/c1-17-11-13-21(14-12-17)29-22-9-6-10-23(15-22)30(26,27)25-20(4)16-28-24-18(2)7-5-8-19(24)3/h5-15,20,25H,16H2,1-4H3. The van der Waals surface area contributed by atoms with E-state index in [1.165, 1.54) is 6.07 Å². The zero-order chi connectivity index (χ0) is 21.7. The fourth-order valence-corrected chi connectivity index (χ4v) is 4.31. The first-order valence-corrected chi connectivity index (χ1v) is 11.3. The average molecular weight is 426 g/mol. The van der Waals surface area contributed by atoms with Crippen LogP contribution < -0.4 is 14.2 Å². The summed E-state index contributed by atoms with van der Waals surface area (Å²) in [7, 11) is -3.72. The van der Waals surface area contributed by atoms with Crippen LogP contribution in [0.5, 0.6) is 17.2 Å². The van der Waals surface area contributed by atoms with Crippen molar-refractivity contribution in [3.8, 4) is 17.2 Å². The zero-order valence-electron chi connectivity index (χ0n) is 17.7. The second-order valence-electron chi connectivity index (χ2n) is 7.44. The van der Waals surface area contributed by atoms with Crippen LogP contribution in [-0.4, -0.2) is 21.1 Å². The van der Waals surface area contributed by atoms with Gasteiger partial charge in [0.15, 0.2) is 0 Å². The molecule has 3 aromatic carbocycles. The van der Waals surface area contributed by atoms with Crippen LogP contribution in [0, 0.1) is 20.8 Å². The second kappa shape index (κ2) is 9.32. The van der Waals surface area contributed by atoms with Gasteiger partial charge in [-0.15, -0.1) is 0 Å². The fourth-order valence-electron chi connectivity index (χ4n) is 3.05. The molecule has 1 N–H and O–H groups in total. The van der Waals surface area contributed by atoms with E-state index < -0.39 is 16.1 Å². The molecule has 3 aromatic rings. The van der Waals surface area contributed by atoms with Gasteiger partial charge < -0.3 is 9.47 Å². The molecule has 6 heteroatoms. The Morgan fingerprint density at radius 1 is 0.867 bits per heavy atom. The average Bonchev–Trinajstić information content (AvgIpc) is 2.69. The molecule has 1 atom stereocenters. The van der Waals surface area contributed by atoms with E-state index in [0.29, 0.717) is 11.5 Å². The van der Waals surface area contributed by atoms with Crippen LogP contribution in [0.1, 0.15) is 23.6 Å². The number of rotatable bonds is 8. The molecule has 0 radical (unpaired) electrons. The normalized spacial score (nSPS) is 12.4. The van der Waals surface area contributed by atoms with E-state index in [1.807, 2.05) is 63.2 Å². The maximum absolute atomic E-state index is 12.8. The van der Waals surface area contributed by atoms with Gasteiger partial charge in [0.1, 0.15) is 23.9 Å². The third-order valence-electron chi connectivity index (χ3n) is 4.62. The lowest BCUT2D eigenvalue weighted by Gasteiger charge is -2.18. The summed E-state index contributed by atoms with van der Waals surface area (Å²) >= 11 is 0. The maximum Gasteiger partial charge on any atom is 0.241 e. The summed E-state index contributed by atoms with van der Waals surface area (Å²) in [5.74, 6) is 1.90. The predicted molar refractivity (Wildman–Crippen MR) is 119 cm³/mol. The molecular formula is C24H27NO4S. The van der Waals surface area contributed by atoms with Crippen molar-refractivity contribution in [2.75, 3.05) is 6.61 Å². The molecule has 0 aliphatic carbocycles. The number of sulfonamides is 1. The summed E-state index contributed by atoms with van der Waals surface area (Å²) in [4.78, 5) is 0.144. The van der Waals surface area contributed by atoms with Crippen molar-refractivity contribution in [1.29, 1.82) is 0 Å². The first kappa shape index (κ1) is 21.9. The summed E-state index contributed by atoms with van der Waals surface area (Å²) < 4.78 is 40.0. The predicted octanol–water partition coefficient (Wildman–Crippen LogP) is 5.15. The molecule has 0 fully saturated rings. The van der Waals surface area contributed by atoms with Crippen LogP contribution in [0.4, 0.5) is 0 Å². The van der Waals surface area contributed by atoms with Crippen molar-refractivity contribution in [2.24, 2.45) is 0 Å². The molecule has 158 valence electrons. The molecule has 0 heterocycles. The van der Waals surface area contributed by atoms with E-state index in [2.05, 4.69) is 4.72 Å².